The van der Waals surface area contributed by atoms with Crippen molar-refractivity contribution in [3.63, 3.8) is 0 Å². The lowest BCUT2D eigenvalue weighted by Gasteiger charge is -2.11. The predicted octanol–water partition coefficient (Wildman–Crippen LogP) is 2.03. The van der Waals surface area contributed by atoms with E-state index in [1.165, 1.54) is 12.1 Å². The average Bonchev–Trinajstić information content (AvgIpc) is 2.62. The molecule has 0 spiro atoms. The molecule has 0 radical (unpaired) electrons. The molecule has 0 aliphatic rings. The van der Waals surface area contributed by atoms with Gasteiger partial charge in [-0.3, -0.25) is 4.79 Å². The molecular formula is C19H24N2O4S. The minimum atomic E-state index is -3.58. The van der Waals surface area contributed by atoms with Crippen molar-refractivity contribution in [3.05, 3.63) is 59.7 Å². The maximum Gasteiger partial charge on any atom is 0.240 e. The fourth-order valence-corrected chi connectivity index (χ4v) is 3.56. The van der Waals surface area contributed by atoms with E-state index in [1.54, 1.807) is 25.3 Å². The minimum Gasteiger partial charge on any atom is -0.496 e. The van der Waals surface area contributed by atoms with Crippen molar-refractivity contribution in [3.8, 4) is 5.75 Å². The molecule has 140 valence electrons. The lowest BCUT2D eigenvalue weighted by Crippen LogP contribution is -2.31. The summed E-state index contributed by atoms with van der Waals surface area (Å²) in [6.07, 6.45) is 0.726. The number of sulfonamides is 1. The number of benzene rings is 2. The predicted molar refractivity (Wildman–Crippen MR) is 101 cm³/mol. The van der Waals surface area contributed by atoms with Crippen LogP contribution in [0.3, 0.4) is 0 Å². The van der Waals surface area contributed by atoms with Gasteiger partial charge in [0, 0.05) is 19.5 Å². The molecule has 0 bridgehead atoms. The van der Waals surface area contributed by atoms with Gasteiger partial charge in [0.2, 0.25) is 15.9 Å². The summed E-state index contributed by atoms with van der Waals surface area (Å²) >= 11 is 0. The Balaban J connectivity index is 1.75. The van der Waals surface area contributed by atoms with Gasteiger partial charge in [-0.15, -0.1) is 0 Å². The molecule has 1 amide bonds. The van der Waals surface area contributed by atoms with Crippen LogP contribution in [0.5, 0.6) is 5.75 Å². The second-order valence-corrected chi connectivity index (χ2v) is 7.64. The van der Waals surface area contributed by atoms with Crippen molar-refractivity contribution in [1.29, 1.82) is 0 Å². The molecule has 0 unspecified atom stereocenters. The van der Waals surface area contributed by atoms with E-state index in [2.05, 4.69) is 10.0 Å². The largest absolute Gasteiger partial charge is 0.496 e. The molecule has 2 aromatic carbocycles. The van der Waals surface area contributed by atoms with Crippen LogP contribution in [0.1, 0.15) is 17.5 Å². The number of methoxy groups -OCH3 is 1. The van der Waals surface area contributed by atoms with Gasteiger partial charge in [0.15, 0.2) is 0 Å². The minimum absolute atomic E-state index is 0.0524. The third kappa shape index (κ3) is 5.86. The summed E-state index contributed by atoms with van der Waals surface area (Å²) in [5.41, 5.74) is 2.15. The topological polar surface area (TPSA) is 84.5 Å². The standard InChI is InChI=1S/C19H24N2O4S/c1-15-8-9-18(25-2)16(14-15)10-12-20-19(22)11-13-21-26(23,24)17-6-4-3-5-7-17/h3-9,14,21H,10-13H2,1-2H3,(H,20,22). The van der Waals surface area contributed by atoms with Crippen LogP contribution >= 0.6 is 0 Å². The molecule has 7 heteroatoms. The van der Waals surface area contributed by atoms with Crippen LogP contribution in [0, 0.1) is 6.92 Å². The molecule has 0 fully saturated rings. The molecule has 2 N–H and O–H groups in total. The van der Waals surface area contributed by atoms with Crippen LogP contribution < -0.4 is 14.8 Å². The molecule has 0 atom stereocenters. The quantitative estimate of drug-likeness (QED) is 0.701. The Morgan fingerprint density at radius 1 is 1.08 bits per heavy atom. The van der Waals surface area contributed by atoms with E-state index in [4.69, 9.17) is 4.74 Å². The highest BCUT2D eigenvalue weighted by Crippen LogP contribution is 2.19. The molecule has 0 aromatic heterocycles. The van der Waals surface area contributed by atoms with E-state index in [9.17, 15) is 13.2 Å². The zero-order valence-electron chi connectivity index (χ0n) is 15.0. The number of ether oxygens (including phenoxy) is 1. The summed E-state index contributed by atoms with van der Waals surface area (Å²) in [5.74, 6) is 0.591. The van der Waals surface area contributed by atoms with Gasteiger partial charge >= 0.3 is 0 Å². The summed E-state index contributed by atoms with van der Waals surface area (Å²) in [7, 11) is -1.96. The number of hydrogen-bond acceptors (Lipinski definition) is 4. The first-order valence-electron chi connectivity index (χ1n) is 8.37. The van der Waals surface area contributed by atoms with E-state index in [0.29, 0.717) is 13.0 Å². The monoisotopic (exact) mass is 376 g/mol. The van der Waals surface area contributed by atoms with Gasteiger partial charge in [-0.25, -0.2) is 13.1 Å². The van der Waals surface area contributed by atoms with Crippen LogP contribution in [-0.2, 0) is 21.2 Å². The Morgan fingerprint density at radius 3 is 2.50 bits per heavy atom. The Hall–Kier alpha value is -2.38. The first kappa shape index (κ1) is 19.9. The summed E-state index contributed by atoms with van der Waals surface area (Å²) in [6, 6.07) is 14.0. The lowest BCUT2D eigenvalue weighted by molar-refractivity contribution is -0.120. The third-order valence-electron chi connectivity index (χ3n) is 3.85. The van der Waals surface area contributed by atoms with E-state index in [-0.39, 0.29) is 23.8 Å². The van der Waals surface area contributed by atoms with E-state index in [1.807, 2.05) is 25.1 Å². The number of carbonyl (C=O) groups excluding carboxylic acids is 1. The molecule has 0 aliphatic heterocycles. The number of carbonyl (C=O) groups is 1. The summed E-state index contributed by atoms with van der Waals surface area (Å²) in [4.78, 5) is 12.1. The zero-order chi connectivity index (χ0) is 19.0. The Labute approximate surface area is 154 Å². The lowest BCUT2D eigenvalue weighted by atomic mass is 10.1. The van der Waals surface area contributed by atoms with Crippen molar-refractivity contribution >= 4 is 15.9 Å². The van der Waals surface area contributed by atoms with Crippen LogP contribution in [0.25, 0.3) is 0 Å². The van der Waals surface area contributed by atoms with Gasteiger partial charge in [-0.1, -0.05) is 35.9 Å². The first-order chi connectivity index (χ1) is 12.4. The average molecular weight is 376 g/mol. The molecule has 0 saturated heterocycles. The van der Waals surface area contributed by atoms with Crippen LogP contribution in [0.2, 0.25) is 0 Å². The van der Waals surface area contributed by atoms with Crippen LogP contribution in [-0.4, -0.2) is 34.5 Å². The number of rotatable bonds is 9. The summed E-state index contributed by atoms with van der Waals surface area (Å²) < 4.78 is 31.9. The molecule has 0 heterocycles. The highest BCUT2D eigenvalue weighted by molar-refractivity contribution is 7.89. The van der Waals surface area contributed by atoms with Gasteiger partial charge < -0.3 is 10.1 Å². The van der Waals surface area contributed by atoms with Gasteiger partial charge in [0.25, 0.3) is 0 Å². The molecule has 6 nitrogen and oxygen atoms in total. The van der Waals surface area contributed by atoms with E-state index >= 15 is 0 Å². The Morgan fingerprint density at radius 2 is 1.81 bits per heavy atom. The van der Waals surface area contributed by atoms with E-state index < -0.39 is 10.0 Å². The second-order valence-electron chi connectivity index (χ2n) is 5.88. The van der Waals surface area contributed by atoms with Gasteiger partial charge in [-0.2, -0.15) is 0 Å². The molecule has 2 aromatic rings. The van der Waals surface area contributed by atoms with Crippen molar-refractivity contribution < 1.29 is 17.9 Å². The van der Waals surface area contributed by atoms with Crippen LogP contribution in [0.4, 0.5) is 0 Å². The highest BCUT2D eigenvalue weighted by Gasteiger charge is 2.13. The number of hydrogen-bond donors (Lipinski definition) is 2. The fourth-order valence-electron chi connectivity index (χ4n) is 2.51. The maximum atomic E-state index is 12.1. The SMILES string of the molecule is COc1ccc(C)cc1CCNC(=O)CCNS(=O)(=O)c1ccccc1. The van der Waals surface area contributed by atoms with Crippen LogP contribution in [0.15, 0.2) is 53.4 Å². The summed E-state index contributed by atoms with van der Waals surface area (Å²) in [5, 5.41) is 2.80. The Kier molecular flexibility index (Phi) is 7.17. The smallest absolute Gasteiger partial charge is 0.240 e. The highest BCUT2D eigenvalue weighted by atomic mass is 32.2. The van der Waals surface area contributed by atoms with Crippen molar-refractivity contribution in [1.82, 2.24) is 10.0 Å². The molecule has 2 rings (SSSR count). The molecule has 0 saturated carbocycles. The number of amides is 1. The maximum absolute atomic E-state index is 12.1. The van der Waals surface area contributed by atoms with Crippen molar-refractivity contribution in [2.45, 2.75) is 24.7 Å². The number of aryl methyl sites for hydroxylation is 1. The van der Waals surface area contributed by atoms with Gasteiger partial charge in [0.05, 0.1) is 12.0 Å². The van der Waals surface area contributed by atoms with Crippen molar-refractivity contribution in [2.75, 3.05) is 20.2 Å². The zero-order valence-corrected chi connectivity index (χ0v) is 15.8. The van der Waals surface area contributed by atoms with E-state index in [0.717, 1.165) is 16.9 Å². The van der Waals surface area contributed by atoms with Gasteiger partial charge in [0.1, 0.15) is 5.75 Å². The summed E-state index contributed by atoms with van der Waals surface area (Å²) in [6.45, 7) is 2.52. The third-order valence-corrected chi connectivity index (χ3v) is 5.33. The second kappa shape index (κ2) is 9.35. The first-order valence-corrected chi connectivity index (χ1v) is 9.85. The fraction of sp³-hybridized carbons (Fsp3) is 0.316. The van der Waals surface area contributed by atoms with Gasteiger partial charge in [-0.05, 0) is 37.1 Å². The molecular weight excluding hydrogens is 352 g/mol. The molecule has 26 heavy (non-hydrogen) atoms. The number of nitrogens with one attached hydrogen (secondary N) is 2. The molecule has 0 aliphatic carbocycles. The Bertz CT molecular complexity index is 836. The van der Waals surface area contributed by atoms with Crippen molar-refractivity contribution in [2.24, 2.45) is 0 Å². The normalized spacial score (nSPS) is 11.2.